The summed E-state index contributed by atoms with van der Waals surface area (Å²) >= 11 is 0. The molecule has 1 unspecified atom stereocenters. The number of nitrogens with zero attached hydrogens (tertiary/aromatic N) is 3. The molecule has 11 heteroatoms. The van der Waals surface area contributed by atoms with E-state index in [-0.39, 0.29) is 30.0 Å². The zero-order valence-electron chi connectivity index (χ0n) is 16.7. The number of phenols is 1. The minimum atomic E-state index is -1.33. The Balaban J connectivity index is 1.68. The molecule has 30 heavy (non-hydrogen) atoms. The van der Waals surface area contributed by atoms with Crippen LogP contribution in [-0.2, 0) is 15.9 Å². The normalized spacial score (nSPS) is 14.8. The van der Waals surface area contributed by atoms with E-state index in [1.54, 1.807) is 36.2 Å². The minimum Gasteiger partial charge on any atom is -0.351 e. The molecule has 0 aliphatic carbocycles. The maximum absolute atomic E-state index is 12.8. The number of amides is 1. The van der Waals surface area contributed by atoms with Crippen LogP contribution in [0.5, 0.6) is 11.5 Å². The van der Waals surface area contributed by atoms with Gasteiger partial charge in [0.2, 0.25) is 0 Å². The van der Waals surface area contributed by atoms with E-state index in [9.17, 15) is 24.5 Å². The number of H-pyrrole nitrogens is 1. The maximum atomic E-state index is 12.8. The van der Waals surface area contributed by atoms with Gasteiger partial charge in [-0.05, 0) is 14.1 Å². The van der Waals surface area contributed by atoms with Crippen molar-refractivity contribution in [3.8, 4) is 11.5 Å². The number of aromatic nitrogens is 2. The fourth-order valence-corrected chi connectivity index (χ4v) is 3.42. The number of carbonyl (C=O) groups is 2. The number of rotatable bonds is 9. The van der Waals surface area contributed by atoms with Gasteiger partial charge in [0.25, 0.3) is 0 Å². The molecule has 1 aliphatic heterocycles. The number of aromatic amines is 1. The number of hydrogen-bond donors (Lipinski definition) is 3. The molecule has 1 atom stereocenters. The molecular formula is C19H23BN4O6. The summed E-state index contributed by atoms with van der Waals surface area (Å²) in [4.78, 5) is 34.9. The molecule has 1 fully saturated rings. The van der Waals surface area contributed by atoms with Crippen molar-refractivity contribution in [3.63, 3.8) is 0 Å². The van der Waals surface area contributed by atoms with Crippen molar-refractivity contribution >= 4 is 19.0 Å². The summed E-state index contributed by atoms with van der Waals surface area (Å²) in [6, 6.07) is 2.48. The molecule has 1 aromatic carbocycles. The second-order valence-corrected chi connectivity index (χ2v) is 7.30. The third-order valence-electron chi connectivity index (χ3n) is 4.97. The van der Waals surface area contributed by atoms with Gasteiger partial charge in [0.05, 0.1) is 12.0 Å². The van der Waals surface area contributed by atoms with Crippen molar-refractivity contribution in [2.75, 3.05) is 27.2 Å². The number of nitrogens with one attached hydrogen (secondary N) is 1. The summed E-state index contributed by atoms with van der Waals surface area (Å²) in [5, 5.41) is 19.8. The quantitative estimate of drug-likeness (QED) is 0.511. The van der Waals surface area contributed by atoms with E-state index >= 15 is 0 Å². The van der Waals surface area contributed by atoms with Crippen LogP contribution >= 0.6 is 0 Å². The number of aryl methyl sites for hydroxylation is 1. The molecule has 0 radical (unpaired) electrons. The average molecular weight is 414 g/mol. The van der Waals surface area contributed by atoms with Crippen molar-refractivity contribution in [2.24, 2.45) is 0 Å². The Morgan fingerprint density at radius 3 is 2.70 bits per heavy atom. The van der Waals surface area contributed by atoms with Crippen LogP contribution in [-0.4, -0.2) is 82.3 Å². The first-order valence-electron chi connectivity index (χ1n) is 9.45. The Labute approximate surface area is 173 Å². The summed E-state index contributed by atoms with van der Waals surface area (Å²) in [6.07, 6.45) is 3.20. The monoisotopic (exact) mass is 414 g/mol. The van der Waals surface area contributed by atoms with E-state index in [0.29, 0.717) is 31.5 Å². The topological polar surface area (TPSA) is 136 Å². The first-order valence-corrected chi connectivity index (χ1v) is 9.45. The molecule has 2 aromatic rings. The SMILES string of the molecule is CN(C)C(C(=O)N1CC(Oc2ccc(CCB=O)c(O)c2C(=O)O)C1)c1c[nH]cn1. The van der Waals surface area contributed by atoms with Gasteiger partial charge < -0.3 is 4.98 Å². The predicted octanol–water partition coefficient (Wildman–Crippen LogP) is 0.716. The molecule has 1 saturated heterocycles. The number of carboxylic acid groups (broad SMARTS) is 1. The van der Waals surface area contributed by atoms with Gasteiger partial charge in [-0.3, -0.25) is 4.90 Å². The van der Waals surface area contributed by atoms with Crippen molar-refractivity contribution < 1.29 is 29.2 Å². The first kappa shape index (κ1) is 21.5. The molecule has 10 nitrogen and oxygen atoms in total. The van der Waals surface area contributed by atoms with Crippen molar-refractivity contribution in [1.82, 2.24) is 19.8 Å². The summed E-state index contributed by atoms with van der Waals surface area (Å²) < 4.78 is 16.3. The van der Waals surface area contributed by atoms with E-state index in [1.807, 2.05) is 0 Å². The van der Waals surface area contributed by atoms with Gasteiger partial charge in [-0.2, -0.15) is 0 Å². The Kier molecular flexibility index (Phi) is 6.51. The molecule has 0 spiro atoms. The average Bonchev–Trinajstić information content (AvgIpc) is 3.17. The number of likely N-dealkylation sites (N-methyl/N-ethyl adjacent to an activating group) is 1. The Hall–Kier alpha value is -3.21. The molecule has 2 heterocycles. The molecule has 1 aromatic heterocycles. The molecule has 1 amide bonds. The van der Waals surface area contributed by atoms with Gasteiger partial charge >= 0.3 is 126 Å². The number of likely N-dealkylation sites (tertiary alicyclic amines) is 1. The fraction of sp³-hybridized carbons (Fsp3) is 0.421. The summed E-state index contributed by atoms with van der Waals surface area (Å²) in [5.74, 6) is -1.82. The Morgan fingerprint density at radius 1 is 1.40 bits per heavy atom. The number of benzene rings is 1. The molecule has 3 rings (SSSR count). The van der Waals surface area contributed by atoms with E-state index in [4.69, 9.17) is 4.74 Å². The third kappa shape index (κ3) is 4.35. The van der Waals surface area contributed by atoms with E-state index < -0.39 is 23.9 Å². The molecule has 0 saturated carbocycles. The molecule has 3 N–H and O–H groups in total. The van der Waals surface area contributed by atoms with Crippen LogP contribution in [0.25, 0.3) is 0 Å². The van der Waals surface area contributed by atoms with Crippen LogP contribution in [0.3, 0.4) is 0 Å². The van der Waals surface area contributed by atoms with Crippen LogP contribution in [0.4, 0.5) is 0 Å². The van der Waals surface area contributed by atoms with Gasteiger partial charge in [-0.1, -0.05) is 0 Å². The number of imidazole rings is 1. The zero-order valence-corrected chi connectivity index (χ0v) is 16.7. The zero-order chi connectivity index (χ0) is 21.8. The van der Waals surface area contributed by atoms with Crippen molar-refractivity contribution in [1.29, 1.82) is 0 Å². The van der Waals surface area contributed by atoms with Crippen LogP contribution in [0.15, 0.2) is 24.7 Å². The van der Waals surface area contributed by atoms with E-state index in [1.165, 1.54) is 12.4 Å². The van der Waals surface area contributed by atoms with Gasteiger partial charge in [0.1, 0.15) is 0 Å². The molecular weight excluding hydrogens is 391 g/mol. The minimum absolute atomic E-state index is 0.0309. The van der Waals surface area contributed by atoms with E-state index in [0.717, 1.165) is 0 Å². The van der Waals surface area contributed by atoms with Crippen LogP contribution < -0.4 is 4.74 Å². The smallest absolute Gasteiger partial charge is 0.0923 e. The number of hydrogen-bond acceptors (Lipinski definition) is 7. The van der Waals surface area contributed by atoms with Crippen LogP contribution in [0.1, 0.15) is 27.7 Å². The van der Waals surface area contributed by atoms with Gasteiger partial charge in [0, 0.05) is 6.20 Å². The predicted molar refractivity (Wildman–Crippen MR) is 106 cm³/mol. The maximum Gasteiger partial charge on any atom is 0.0923 e. The fourth-order valence-electron chi connectivity index (χ4n) is 3.42. The number of ether oxygens (including phenoxy) is 1. The van der Waals surface area contributed by atoms with Gasteiger partial charge in [-0.25, -0.2) is 4.98 Å². The second-order valence-electron chi connectivity index (χ2n) is 7.30. The number of carboxylic acids is 1. The third-order valence-corrected chi connectivity index (χ3v) is 4.97. The largest absolute Gasteiger partial charge is 0.351 e. The number of carbonyl (C=O) groups excluding carboxylic acids is 1. The van der Waals surface area contributed by atoms with Crippen LogP contribution in [0, 0.1) is 0 Å². The Bertz CT molecular complexity index is 927. The summed E-state index contributed by atoms with van der Waals surface area (Å²) in [6.45, 7) is 0.584. The summed E-state index contributed by atoms with van der Waals surface area (Å²) in [7, 11) is 4.28. The van der Waals surface area contributed by atoms with Crippen molar-refractivity contribution in [2.45, 2.75) is 24.9 Å². The Morgan fingerprint density at radius 2 is 2.13 bits per heavy atom. The molecule has 1 aliphatic rings. The number of aromatic hydroxyl groups is 1. The standard InChI is InChI=1S/C19H23BN4O6/c1-23(2)16(13-7-21-10-22-13)18(26)24-8-12(9-24)30-14-4-3-11(5-6-20-29)17(25)15(14)19(27)28/h3-4,7,10,12,16,25H,5-6,8-9H2,1-2H3,(H,21,22)(H,27,28). The molecule has 0 bridgehead atoms. The van der Waals surface area contributed by atoms with Crippen molar-refractivity contribution in [3.05, 3.63) is 41.5 Å². The van der Waals surface area contributed by atoms with Crippen LogP contribution in [0.2, 0.25) is 6.32 Å². The van der Waals surface area contributed by atoms with Gasteiger partial charge in [-0.15, -0.1) is 0 Å². The second kappa shape index (κ2) is 9.08. The van der Waals surface area contributed by atoms with Gasteiger partial charge in [0.15, 0.2) is 0 Å². The summed E-state index contributed by atoms with van der Waals surface area (Å²) in [5.41, 5.74) is 0.634. The number of aromatic carboxylic acids is 1. The van der Waals surface area contributed by atoms with E-state index in [2.05, 4.69) is 9.97 Å². The molecule has 158 valence electrons. The first-order chi connectivity index (χ1) is 14.3.